The van der Waals surface area contributed by atoms with Gasteiger partial charge in [-0.3, -0.25) is 4.79 Å². The first-order valence-corrected chi connectivity index (χ1v) is 5.92. The second kappa shape index (κ2) is 22.6. The molecule has 0 aliphatic rings. The number of likely N-dealkylation sites (N-methyl/N-ethyl adjacent to an activating group) is 1. The molecule has 0 spiro atoms. The largest absolute Gasteiger partial charge is 0.358 e. The molecular weight excluding hydrogens is 509 g/mol. The average molecular weight is 538 g/mol. The van der Waals surface area contributed by atoms with Gasteiger partial charge in [0.15, 0.2) is 0 Å². The van der Waals surface area contributed by atoms with Crippen molar-refractivity contribution in [3.63, 3.8) is 0 Å². The quantitative estimate of drug-likeness (QED) is 0.541. The predicted octanol–water partition coefficient (Wildman–Crippen LogP) is 3.01. The van der Waals surface area contributed by atoms with Crippen LogP contribution in [0.3, 0.4) is 0 Å². The van der Waals surface area contributed by atoms with Gasteiger partial charge in [-0.1, -0.05) is 6.07 Å². The van der Waals surface area contributed by atoms with E-state index in [1.165, 1.54) is 5.92 Å². The number of carbonyl (C=O) groups is 1. The van der Waals surface area contributed by atoms with E-state index in [1.54, 1.807) is 14.0 Å². The Balaban J connectivity index is -0.0000000589. The first kappa shape index (κ1) is 33.0. The molecule has 1 atom stereocenters. The molecule has 1 radical (unpaired) electrons. The fourth-order valence-electron chi connectivity index (χ4n) is 0.706. The van der Waals surface area contributed by atoms with Gasteiger partial charge in [-0.15, -0.1) is 12.1 Å². The molecule has 121 valence electrons. The molecule has 3 N–H and O–H groups in total. The third-order valence-electron chi connectivity index (χ3n) is 1.50. The predicted molar refractivity (Wildman–Crippen MR) is 85.3 cm³/mol. The van der Waals surface area contributed by atoms with Crippen LogP contribution in [0.2, 0.25) is 0 Å². The van der Waals surface area contributed by atoms with Gasteiger partial charge in [0.05, 0.1) is 6.04 Å². The summed E-state index contributed by atoms with van der Waals surface area (Å²) in [6, 6.07) is 9.49. The van der Waals surface area contributed by atoms with E-state index in [9.17, 15) is 4.79 Å². The third kappa shape index (κ3) is 33.3. The minimum absolute atomic E-state index is 0. The van der Waals surface area contributed by atoms with Gasteiger partial charge in [0.2, 0.25) is 5.91 Å². The first-order valence-electron chi connectivity index (χ1n) is 5.92. The van der Waals surface area contributed by atoms with Crippen molar-refractivity contribution in [2.75, 3.05) is 7.05 Å². The number of nitrogens with two attached hydrogens (primary N) is 1. The van der Waals surface area contributed by atoms with Crippen LogP contribution >= 0.6 is 0 Å². The van der Waals surface area contributed by atoms with E-state index in [4.69, 9.17) is 5.73 Å². The minimum Gasteiger partial charge on any atom is -0.358 e. The van der Waals surface area contributed by atoms with E-state index < -0.39 is 0 Å². The van der Waals surface area contributed by atoms with Gasteiger partial charge in [-0.2, -0.15) is 45.4 Å². The zero-order valence-electron chi connectivity index (χ0n) is 14.1. The maximum Gasteiger partial charge on any atom is 0.236 e. The van der Waals surface area contributed by atoms with E-state index in [2.05, 4.69) is 33.0 Å². The van der Waals surface area contributed by atoms with E-state index in [-0.39, 0.29) is 73.2 Å². The molecule has 1 amide bonds. The summed E-state index contributed by atoms with van der Waals surface area (Å²) in [5, 5.41) is 2.40. The van der Waals surface area contributed by atoms with Crippen molar-refractivity contribution >= 4 is 5.91 Å². The van der Waals surface area contributed by atoms with Gasteiger partial charge < -0.3 is 24.4 Å². The van der Waals surface area contributed by atoms with Gasteiger partial charge >= 0.3 is 0 Å². The monoisotopic (exact) mass is 538 g/mol. The second-order valence-corrected chi connectivity index (χ2v) is 4.39. The number of nitrogens with one attached hydrogen (secondary N) is 1. The smallest absolute Gasteiger partial charge is 0.236 e. The van der Waals surface area contributed by atoms with Crippen LogP contribution in [-0.2, 0) is 58.6 Å². The number of rotatable bonds is 1. The van der Waals surface area contributed by atoms with Gasteiger partial charge in [0.25, 0.3) is 0 Å². The summed E-state index contributed by atoms with van der Waals surface area (Å²) in [5.41, 5.74) is 6.21. The Kier molecular flexibility index (Phi) is 35.5. The Labute approximate surface area is 171 Å². The van der Waals surface area contributed by atoms with Crippen LogP contribution in [-0.4, -0.2) is 19.0 Å². The Morgan fingerprint density at radius 3 is 1.67 bits per heavy atom. The Hall–Kier alpha value is 0.312. The molecule has 0 saturated heterocycles. The number of carbonyl (C=O) groups excluding carboxylic acids is 1. The fourth-order valence-corrected chi connectivity index (χ4v) is 0.706. The van der Waals surface area contributed by atoms with Crippen molar-refractivity contribution in [1.82, 2.24) is 5.32 Å². The molecular formula is C16H29N2OWY-3. The van der Waals surface area contributed by atoms with Crippen LogP contribution in [0.25, 0.3) is 0 Å². The molecule has 0 heterocycles. The van der Waals surface area contributed by atoms with E-state index in [1.807, 2.05) is 30.3 Å². The van der Waals surface area contributed by atoms with Crippen LogP contribution in [0.15, 0.2) is 30.3 Å². The van der Waals surface area contributed by atoms with E-state index >= 15 is 0 Å². The van der Waals surface area contributed by atoms with Crippen LogP contribution in [0.4, 0.5) is 0 Å². The van der Waals surface area contributed by atoms with Crippen LogP contribution < -0.4 is 11.1 Å². The SMILES string of the molecule is CNC(=O)[C@@H](C)N.C[C-](C)C.[CH2-]c1ccccc1.[CH3-].[W].[Y]. The maximum atomic E-state index is 10.3. The third-order valence-corrected chi connectivity index (χ3v) is 1.50. The number of hydrogen-bond donors (Lipinski definition) is 2. The summed E-state index contributed by atoms with van der Waals surface area (Å²) >= 11 is 0. The molecule has 21 heavy (non-hydrogen) atoms. The van der Waals surface area contributed by atoms with Crippen molar-refractivity contribution in [2.45, 2.75) is 33.7 Å². The minimum atomic E-state index is -0.384. The zero-order chi connectivity index (χ0) is 14.6. The molecule has 1 aromatic rings. The molecule has 1 aromatic carbocycles. The molecule has 1 rings (SSSR count). The Bertz CT molecular complexity index is 304. The van der Waals surface area contributed by atoms with Crippen molar-refractivity contribution in [2.24, 2.45) is 5.73 Å². The molecule has 0 unspecified atom stereocenters. The number of amides is 1. The Morgan fingerprint density at radius 1 is 1.24 bits per heavy atom. The normalized spacial score (nSPS) is 8.90. The van der Waals surface area contributed by atoms with Crippen LogP contribution in [0.1, 0.15) is 33.3 Å². The standard InChI is InChI=1S/C7H7.C4H10N2O.C4H9.CH3.W.Y/c1-7-5-3-2-4-6-7;1-3(5)4(7)6-2;1-4(2)3;;;/h2-6H,1H2;3H,5H2,1-2H3,(H,6,7);1-3H3;1H3;;/q-1;;2*-1;;/t;3-;;;;/m.1..../s1. The van der Waals surface area contributed by atoms with E-state index in [0.29, 0.717) is 0 Å². The van der Waals surface area contributed by atoms with Gasteiger partial charge in [0, 0.05) is 60.8 Å². The second-order valence-electron chi connectivity index (χ2n) is 4.39. The fraction of sp³-hybridized carbons (Fsp3) is 0.375. The number of hydrogen-bond acceptors (Lipinski definition) is 2. The molecule has 5 heteroatoms. The maximum absolute atomic E-state index is 10.3. The summed E-state index contributed by atoms with van der Waals surface area (Å²) in [6.45, 7) is 11.6. The van der Waals surface area contributed by atoms with Crippen molar-refractivity contribution in [3.05, 3.63) is 56.2 Å². The summed E-state index contributed by atoms with van der Waals surface area (Å²) < 4.78 is 0. The van der Waals surface area contributed by atoms with Gasteiger partial charge in [-0.25, -0.2) is 0 Å². The van der Waals surface area contributed by atoms with Gasteiger partial charge in [-0.05, 0) is 6.92 Å². The topological polar surface area (TPSA) is 55.1 Å². The van der Waals surface area contributed by atoms with Crippen molar-refractivity contribution in [1.29, 1.82) is 0 Å². The van der Waals surface area contributed by atoms with Crippen LogP contribution in [0.5, 0.6) is 0 Å². The zero-order valence-corrected chi connectivity index (χ0v) is 19.9. The first-order chi connectivity index (χ1) is 8.31. The molecule has 0 bridgehead atoms. The van der Waals surface area contributed by atoms with Crippen molar-refractivity contribution < 1.29 is 58.6 Å². The van der Waals surface area contributed by atoms with E-state index in [0.717, 1.165) is 5.56 Å². The summed E-state index contributed by atoms with van der Waals surface area (Å²) in [6.07, 6.45) is 0. The molecule has 0 fully saturated rings. The summed E-state index contributed by atoms with van der Waals surface area (Å²) in [7, 11) is 1.56. The van der Waals surface area contributed by atoms with Crippen LogP contribution in [0, 0.1) is 20.3 Å². The van der Waals surface area contributed by atoms with Crippen molar-refractivity contribution in [3.8, 4) is 0 Å². The molecule has 0 aromatic heterocycles. The molecule has 0 aliphatic heterocycles. The van der Waals surface area contributed by atoms with Gasteiger partial charge in [0.1, 0.15) is 0 Å². The summed E-state index contributed by atoms with van der Waals surface area (Å²) in [5.74, 6) is 1.29. The summed E-state index contributed by atoms with van der Waals surface area (Å²) in [4.78, 5) is 10.3. The molecule has 0 saturated carbocycles. The Morgan fingerprint density at radius 2 is 1.57 bits per heavy atom. The molecule has 0 aliphatic carbocycles. The average Bonchev–Trinajstić information content (AvgIpc) is 2.29. The number of benzene rings is 1. The molecule has 3 nitrogen and oxygen atoms in total.